The number of nitrogens with one attached hydrogen (secondary N) is 1. The van der Waals surface area contributed by atoms with Gasteiger partial charge >= 0.3 is 0 Å². The van der Waals surface area contributed by atoms with E-state index >= 15 is 0 Å². The molecule has 0 atom stereocenters. The molecule has 0 spiro atoms. The van der Waals surface area contributed by atoms with E-state index in [1.807, 2.05) is 63.2 Å². The van der Waals surface area contributed by atoms with Gasteiger partial charge in [0.25, 0.3) is 0 Å². The van der Waals surface area contributed by atoms with Gasteiger partial charge in [-0.25, -0.2) is 4.98 Å². The first-order chi connectivity index (χ1) is 22.8. The second kappa shape index (κ2) is 14.5. The van der Waals surface area contributed by atoms with E-state index in [0.29, 0.717) is 30.2 Å². The Balaban J connectivity index is 1.20. The van der Waals surface area contributed by atoms with Gasteiger partial charge in [-0.05, 0) is 83.1 Å². The topological polar surface area (TPSA) is 90.0 Å². The molecule has 2 aliphatic heterocycles. The SMILES string of the molecule is C=C(OC(C)(C)C)N1CCN(CCNc2c(C#N)cnc3oc(-c4ccc(OCCN5CCCC5)cc4)c(-c4ccccc4)c23)CC1. The number of hydrogen-bond acceptors (Lipinski definition) is 9. The molecule has 2 fully saturated rings. The van der Waals surface area contributed by atoms with E-state index in [1.54, 1.807) is 6.20 Å². The maximum Gasteiger partial charge on any atom is 0.229 e. The highest BCUT2D eigenvalue weighted by Crippen LogP contribution is 2.44. The van der Waals surface area contributed by atoms with E-state index in [4.69, 9.17) is 13.9 Å². The van der Waals surface area contributed by atoms with Crippen LogP contribution in [0.15, 0.2) is 77.7 Å². The van der Waals surface area contributed by atoms with Crippen LogP contribution in [0.1, 0.15) is 39.2 Å². The largest absolute Gasteiger partial charge is 0.492 e. The number of nitriles is 1. The molecule has 2 aromatic heterocycles. The summed E-state index contributed by atoms with van der Waals surface area (Å²) in [5.74, 6) is 2.29. The number of benzene rings is 2. The molecule has 4 heterocycles. The number of rotatable bonds is 12. The van der Waals surface area contributed by atoms with Crippen molar-refractivity contribution in [3.05, 3.63) is 78.8 Å². The predicted octanol–water partition coefficient (Wildman–Crippen LogP) is 6.82. The molecule has 9 nitrogen and oxygen atoms in total. The van der Waals surface area contributed by atoms with E-state index < -0.39 is 0 Å². The maximum absolute atomic E-state index is 10.1. The van der Waals surface area contributed by atoms with Gasteiger partial charge in [0.2, 0.25) is 5.71 Å². The average Bonchev–Trinajstić information content (AvgIpc) is 3.73. The number of piperazine rings is 1. The average molecular weight is 635 g/mol. The maximum atomic E-state index is 10.1. The molecule has 9 heteroatoms. The van der Waals surface area contributed by atoms with Crippen molar-refractivity contribution in [1.82, 2.24) is 19.7 Å². The Morgan fingerprint density at radius 2 is 1.64 bits per heavy atom. The Kier molecular flexibility index (Phi) is 10.00. The smallest absolute Gasteiger partial charge is 0.229 e. The van der Waals surface area contributed by atoms with Gasteiger partial charge in [-0.1, -0.05) is 30.3 Å². The van der Waals surface area contributed by atoms with Crippen LogP contribution in [0.3, 0.4) is 0 Å². The summed E-state index contributed by atoms with van der Waals surface area (Å²) in [6, 6.07) is 20.6. The number of ether oxygens (including phenoxy) is 2. The summed E-state index contributed by atoms with van der Waals surface area (Å²) in [6.07, 6.45) is 4.16. The zero-order chi connectivity index (χ0) is 32.8. The molecule has 0 radical (unpaired) electrons. The molecular formula is C38H46N6O3. The van der Waals surface area contributed by atoms with Crippen LogP contribution in [0.25, 0.3) is 33.6 Å². The van der Waals surface area contributed by atoms with Gasteiger partial charge < -0.3 is 24.1 Å². The Bertz CT molecular complexity index is 1690. The van der Waals surface area contributed by atoms with E-state index in [1.165, 1.54) is 12.8 Å². The van der Waals surface area contributed by atoms with Gasteiger partial charge in [-0.3, -0.25) is 9.80 Å². The van der Waals surface area contributed by atoms with Crippen LogP contribution in [-0.2, 0) is 4.74 Å². The third-order valence-electron chi connectivity index (χ3n) is 8.77. The zero-order valence-corrected chi connectivity index (χ0v) is 27.9. The van der Waals surface area contributed by atoms with Crippen LogP contribution in [-0.4, -0.2) is 90.8 Å². The lowest BCUT2D eigenvalue weighted by molar-refractivity contribution is -0.00929. The van der Waals surface area contributed by atoms with E-state index in [9.17, 15) is 5.26 Å². The number of likely N-dealkylation sites (tertiary alicyclic amines) is 1. The molecule has 2 aromatic carbocycles. The molecule has 6 rings (SSSR count). The summed E-state index contributed by atoms with van der Waals surface area (Å²) in [4.78, 5) is 11.7. The normalized spacial score (nSPS) is 15.9. The molecule has 1 N–H and O–H groups in total. The fourth-order valence-electron chi connectivity index (χ4n) is 6.40. The first kappa shape index (κ1) is 32.4. The number of aromatic nitrogens is 1. The van der Waals surface area contributed by atoms with Crippen molar-refractivity contribution in [1.29, 1.82) is 5.26 Å². The fraction of sp³-hybridized carbons (Fsp3) is 0.421. The molecule has 4 aromatic rings. The number of furan rings is 1. The molecule has 0 amide bonds. The molecule has 2 saturated heterocycles. The van der Waals surface area contributed by atoms with Crippen LogP contribution >= 0.6 is 0 Å². The first-order valence-electron chi connectivity index (χ1n) is 16.7. The van der Waals surface area contributed by atoms with Crippen LogP contribution in [0, 0.1) is 11.3 Å². The first-order valence-corrected chi connectivity index (χ1v) is 16.7. The van der Waals surface area contributed by atoms with Gasteiger partial charge in [-0.2, -0.15) is 5.26 Å². The van der Waals surface area contributed by atoms with Gasteiger partial charge in [0.1, 0.15) is 29.8 Å². The van der Waals surface area contributed by atoms with Gasteiger partial charge in [0, 0.05) is 56.9 Å². The second-order valence-electron chi connectivity index (χ2n) is 13.3. The molecule has 0 unspecified atom stereocenters. The van der Waals surface area contributed by atoms with Crippen molar-refractivity contribution in [3.63, 3.8) is 0 Å². The summed E-state index contributed by atoms with van der Waals surface area (Å²) in [5, 5.41) is 14.6. The number of pyridine rings is 1. The molecular weight excluding hydrogens is 588 g/mol. The predicted molar refractivity (Wildman–Crippen MR) is 187 cm³/mol. The van der Waals surface area contributed by atoms with Crippen molar-refractivity contribution in [2.75, 3.05) is 70.8 Å². The highest BCUT2D eigenvalue weighted by atomic mass is 16.5. The molecule has 0 aliphatic carbocycles. The summed E-state index contributed by atoms with van der Waals surface area (Å²) in [7, 11) is 0. The van der Waals surface area contributed by atoms with Gasteiger partial charge in [-0.15, -0.1) is 0 Å². The quantitative estimate of drug-likeness (QED) is 0.169. The highest BCUT2D eigenvalue weighted by Gasteiger charge is 2.25. The highest BCUT2D eigenvalue weighted by molar-refractivity contribution is 6.08. The lowest BCUT2D eigenvalue weighted by atomic mass is 9.97. The van der Waals surface area contributed by atoms with Gasteiger partial charge in [0.05, 0.1) is 22.8 Å². The lowest BCUT2D eigenvalue weighted by Crippen LogP contribution is -2.47. The van der Waals surface area contributed by atoms with Crippen molar-refractivity contribution >= 4 is 16.8 Å². The van der Waals surface area contributed by atoms with Crippen LogP contribution in [0.4, 0.5) is 5.69 Å². The van der Waals surface area contributed by atoms with Crippen LogP contribution in [0.5, 0.6) is 5.75 Å². The van der Waals surface area contributed by atoms with Crippen molar-refractivity contribution in [2.45, 2.75) is 39.2 Å². The van der Waals surface area contributed by atoms with Crippen LogP contribution < -0.4 is 10.1 Å². The Morgan fingerprint density at radius 3 is 2.32 bits per heavy atom. The van der Waals surface area contributed by atoms with Crippen molar-refractivity contribution < 1.29 is 13.9 Å². The summed E-state index contributed by atoms with van der Waals surface area (Å²) < 4.78 is 18.5. The van der Waals surface area contributed by atoms with E-state index in [-0.39, 0.29) is 5.60 Å². The monoisotopic (exact) mass is 634 g/mol. The van der Waals surface area contributed by atoms with E-state index in [2.05, 4.69) is 49.8 Å². The summed E-state index contributed by atoms with van der Waals surface area (Å²) in [5.41, 5.74) is 4.32. The summed E-state index contributed by atoms with van der Waals surface area (Å²) in [6.45, 7) is 19.3. The minimum Gasteiger partial charge on any atom is -0.492 e. The third-order valence-corrected chi connectivity index (χ3v) is 8.77. The molecule has 0 bridgehead atoms. The molecule has 246 valence electrons. The molecule has 0 saturated carbocycles. The second-order valence-corrected chi connectivity index (χ2v) is 13.3. The van der Waals surface area contributed by atoms with Gasteiger partial charge in [0.15, 0.2) is 5.88 Å². The zero-order valence-electron chi connectivity index (χ0n) is 27.9. The molecule has 2 aliphatic rings. The fourth-order valence-corrected chi connectivity index (χ4v) is 6.40. The van der Waals surface area contributed by atoms with E-state index in [0.717, 1.165) is 91.8 Å². The summed E-state index contributed by atoms with van der Waals surface area (Å²) >= 11 is 0. The van der Waals surface area contributed by atoms with Crippen LogP contribution in [0.2, 0.25) is 0 Å². The number of nitrogens with zero attached hydrogens (tertiary/aromatic N) is 5. The number of hydrogen-bond donors (Lipinski definition) is 1. The third kappa shape index (κ3) is 7.90. The number of fused-ring (bicyclic) bond motifs is 1. The minimum absolute atomic E-state index is 0.261. The Labute approximate surface area is 278 Å². The van der Waals surface area contributed by atoms with Crippen molar-refractivity contribution in [2.24, 2.45) is 0 Å². The van der Waals surface area contributed by atoms with Crippen molar-refractivity contribution in [3.8, 4) is 34.3 Å². The minimum atomic E-state index is -0.261. The Hall–Kier alpha value is -4.52. The Morgan fingerprint density at radius 1 is 0.936 bits per heavy atom. The number of anilines is 1. The standard InChI is InChI=1S/C38H46N6O3/c1-28(47-38(2,3)4)44-22-20-43(21-23-44)19-16-40-35-31(26-39)27-41-37-34(35)33(29-10-6-5-7-11-29)36(46-37)30-12-14-32(15-13-30)45-25-24-42-17-8-9-18-42/h5-7,10-15,27H,1,8-9,16-25H2,2-4H3,(H,40,41). The molecule has 47 heavy (non-hydrogen) atoms. The lowest BCUT2D eigenvalue weighted by Gasteiger charge is -2.38.